The Hall–Kier alpha value is -0.820. The summed E-state index contributed by atoms with van der Waals surface area (Å²) in [6.45, 7) is 0. The van der Waals surface area contributed by atoms with Gasteiger partial charge in [-0.15, -0.1) is 0 Å². The van der Waals surface area contributed by atoms with Crippen LogP contribution >= 0.6 is 0 Å². The minimum atomic E-state index is 0.861. The van der Waals surface area contributed by atoms with Crippen molar-refractivity contribution in [3.8, 4) is 0 Å². The van der Waals surface area contributed by atoms with E-state index in [2.05, 4.69) is 35.1 Å². The van der Waals surface area contributed by atoms with Crippen LogP contribution < -0.4 is 0 Å². The largest absolute Gasteiger partial charge is 0.388 e. The molecule has 0 N–H and O–H groups in total. The summed E-state index contributed by atoms with van der Waals surface area (Å²) in [5.41, 5.74) is 1.55. The van der Waals surface area contributed by atoms with Gasteiger partial charge in [-0.3, -0.25) is 0 Å². The number of benzene rings is 1. The predicted molar refractivity (Wildman–Crippen MR) is 65.2 cm³/mol. The van der Waals surface area contributed by atoms with Crippen LogP contribution in [0.2, 0.25) is 0 Å². The minimum Gasteiger partial charge on any atom is -0.388 e. The molecule has 2 rings (SSSR count). The number of ether oxygens (including phenoxy) is 1. The van der Waals surface area contributed by atoms with Gasteiger partial charge in [0, 0.05) is 14.2 Å². The van der Waals surface area contributed by atoms with Crippen LogP contribution in [0.4, 0.5) is 0 Å². The molecule has 1 fully saturated rings. The lowest BCUT2D eigenvalue weighted by atomic mass is 9.84. The summed E-state index contributed by atoms with van der Waals surface area (Å²) < 4.78 is 4.25. The molecule has 1 aromatic rings. The molecule has 1 aliphatic rings. The number of rotatable bonds is 1. The Labute approximate surface area is 93.5 Å². The molecule has 0 atom stereocenters. The van der Waals surface area contributed by atoms with Crippen LogP contribution in [0, 0.1) is 0 Å². The second-order valence-electron chi connectivity index (χ2n) is 4.15. The highest BCUT2D eigenvalue weighted by Gasteiger charge is 2.14. The molecule has 1 nitrogen and oxygen atoms in total. The average molecular weight is 206 g/mol. The summed E-state index contributed by atoms with van der Waals surface area (Å²) in [5.74, 6) is 0.861. The Morgan fingerprint density at radius 3 is 2.00 bits per heavy atom. The maximum absolute atomic E-state index is 4.25. The third-order valence-electron chi connectivity index (χ3n) is 2.88. The molecule has 0 aromatic heterocycles. The van der Waals surface area contributed by atoms with E-state index in [0.29, 0.717) is 0 Å². The van der Waals surface area contributed by atoms with Crippen molar-refractivity contribution >= 4 is 0 Å². The van der Waals surface area contributed by atoms with Gasteiger partial charge < -0.3 is 4.74 Å². The lowest BCUT2D eigenvalue weighted by Crippen LogP contribution is -2.03. The SMILES string of the molecule is COC.c1ccc(C2CCCCC2)cc1. The van der Waals surface area contributed by atoms with Crippen LogP contribution in [0.5, 0.6) is 0 Å². The van der Waals surface area contributed by atoms with E-state index < -0.39 is 0 Å². The fourth-order valence-corrected chi connectivity index (χ4v) is 2.16. The summed E-state index contributed by atoms with van der Waals surface area (Å²) in [6, 6.07) is 11.0. The normalized spacial score (nSPS) is 16.7. The Bertz CT molecular complexity index is 237. The van der Waals surface area contributed by atoms with Crippen molar-refractivity contribution < 1.29 is 4.74 Å². The van der Waals surface area contributed by atoms with E-state index in [9.17, 15) is 0 Å². The smallest absolute Gasteiger partial charge is 0.0351 e. The van der Waals surface area contributed by atoms with Gasteiger partial charge in [-0.2, -0.15) is 0 Å². The van der Waals surface area contributed by atoms with E-state index in [1.807, 2.05) is 0 Å². The van der Waals surface area contributed by atoms with Crippen molar-refractivity contribution in [3.05, 3.63) is 35.9 Å². The summed E-state index contributed by atoms with van der Waals surface area (Å²) in [6.07, 6.45) is 7.12. The molecule has 0 spiro atoms. The highest BCUT2D eigenvalue weighted by Crippen LogP contribution is 2.31. The molecule has 15 heavy (non-hydrogen) atoms. The standard InChI is InChI=1S/C12H16.C2H6O/c1-3-7-11(8-4-1)12-9-5-2-6-10-12;1-3-2/h1,3-4,7-8,12H,2,5-6,9-10H2;1-2H3. The molecule has 1 saturated carbocycles. The van der Waals surface area contributed by atoms with Gasteiger partial charge in [0.2, 0.25) is 0 Å². The quantitative estimate of drug-likeness (QED) is 0.675. The second-order valence-corrected chi connectivity index (χ2v) is 4.15. The zero-order chi connectivity index (χ0) is 10.9. The molecule has 0 amide bonds. The van der Waals surface area contributed by atoms with Gasteiger partial charge in [0.15, 0.2) is 0 Å². The molecule has 1 aliphatic carbocycles. The lowest BCUT2D eigenvalue weighted by molar-refractivity contribution is 0.277. The Morgan fingerprint density at radius 2 is 1.47 bits per heavy atom. The first-order chi connectivity index (χ1) is 7.38. The van der Waals surface area contributed by atoms with Gasteiger partial charge in [-0.25, -0.2) is 0 Å². The summed E-state index contributed by atoms with van der Waals surface area (Å²) in [4.78, 5) is 0. The van der Waals surface area contributed by atoms with Gasteiger partial charge >= 0.3 is 0 Å². The van der Waals surface area contributed by atoms with Crippen molar-refractivity contribution in [2.24, 2.45) is 0 Å². The topological polar surface area (TPSA) is 9.23 Å². The summed E-state index contributed by atoms with van der Waals surface area (Å²) in [7, 11) is 3.25. The lowest BCUT2D eigenvalue weighted by Gasteiger charge is -2.21. The molecule has 84 valence electrons. The number of hydrogen-bond donors (Lipinski definition) is 0. The van der Waals surface area contributed by atoms with Gasteiger partial charge in [0.1, 0.15) is 0 Å². The van der Waals surface area contributed by atoms with Crippen molar-refractivity contribution in [1.29, 1.82) is 0 Å². The van der Waals surface area contributed by atoms with E-state index in [4.69, 9.17) is 0 Å². The highest BCUT2D eigenvalue weighted by atomic mass is 16.4. The van der Waals surface area contributed by atoms with Crippen molar-refractivity contribution in [3.63, 3.8) is 0 Å². The number of hydrogen-bond acceptors (Lipinski definition) is 1. The summed E-state index contributed by atoms with van der Waals surface area (Å²) in [5, 5.41) is 0. The van der Waals surface area contributed by atoms with Crippen LogP contribution in [0.3, 0.4) is 0 Å². The third-order valence-corrected chi connectivity index (χ3v) is 2.88. The zero-order valence-corrected chi connectivity index (χ0v) is 9.91. The van der Waals surface area contributed by atoms with Crippen LogP contribution in [-0.2, 0) is 4.74 Å². The van der Waals surface area contributed by atoms with Crippen LogP contribution in [-0.4, -0.2) is 14.2 Å². The van der Waals surface area contributed by atoms with E-state index in [-0.39, 0.29) is 0 Å². The van der Waals surface area contributed by atoms with Gasteiger partial charge in [-0.05, 0) is 24.3 Å². The van der Waals surface area contributed by atoms with E-state index >= 15 is 0 Å². The molecule has 1 aromatic carbocycles. The summed E-state index contributed by atoms with van der Waals surface area (Å²) >= 11 is 0. The number of methoxy groups -OCH3 is 1. The Balaban J connectivity index is 0.000000337. The molecule has 0 heterocycles. The Kier molecular flexibility index (Phi) is 6.10. The fourth-order valence-electron chi connectivity index (χ4n) is 2.16. The van der Waals surface area contributed by atoms with Crippen molar-refractivity contribution in [2.45, 2.75) is 38.0 Å². The maximum Gasteiger partial charge on any atom is 0.0351 e. The van der Waals surface area contributed by atoms with Gasteiger partial charge in [0.25, 0.3) is 0 Å². The molecule has 0 radical (unpaired) electrons. The third kappa shape index (κ3) is 4.48. The highest BCUT2D eigenvalue weighted by molar-refractivity contribution is 5.19. The molecule has 1 heteroatoms. The van der Waals surface area contributed by atoms with Crippen molar-refractivity contribution in [2.75, 3.05) is 14.2 Å². The first-order valence-electron chi connectivity index (χ1n) is 5.83. The van der Waals surface area contributed by atoms with E-state index in [0.717, 1.165) is 5.92 Å². The van der Waals surface area contributed by atoms with E-state index in [1.165, 1.54) is 32.1 Å². The van der Waals surface area contributed by atoms with Crippen LogP contribution in [0.25, 0.3) is 0 Å². The first-order valence-corrected chi connectivity index (χ1v) is 5.83. The Morgan fingerprint density at radius 1 is 0.933 bits per heavy atom. The monoisotopic (exact) mass is 206 g/mol. The minimum absolute atomic E-state index is 0.861. The first kappa shape index (κ1) is 12.3. The maximum atomic E-state index is 4.25. The molecule has 0 aliphatic heterocycles. The van der Waals surface area contributed by atoms with Gasteiger partial charge in [0.05, 0.1) is 0 Å². The van der Waals surface area contributed by atoms with Crippen LogP contribution in [0.1, 0.15) is 43.6 Å². The molecule has 0 unspecified atom stereocenters. The molecular formula is C14H22O. The predicted octanol–water partition coefficient (Wildman–Crippen LogP) is 4.00. The zero-order valence-electron chi connectivity index (χ0n) is 9.91. The average Bonchev–Trinajstić information content (AvgIpc) is 2.32. The van der Waals surface area contributed by atoms with Crippen molar-refractivity contribution in [1.82, 2.24) is 0 Å². The molecule has 0 saturated heterocycles. The van der Waals surface area contributed by atoms with E-state index in [1.54, 1.807) is 19.8 Å². The molecule has 0 bridgehead atoms. The molecular weight excluding hydrogens is 184 g/mol. The second kappa shape index (κ2) is 7.47. The fraction of sp³-hybridized carbons (Fsp3) is 0.571. The van der Waals surface area contributed by atoms with Gasteiger partial charge in [-0.1, -0.05) is 49.6 Å². The van der Waals surface area contributed by atoms with Crippen LogP contribution in [0.15, 0.2) is 30.3 Å².